The van der Waals surface area contributed by atoms with Gasteiger partial charge in [-0.25, -0.2) is 9.78 Å². The molecule has 2 heterocycles. The number of hydrogen-bond acceptors (Lipinski definition) is 4. The molecule has 0 aliphatic rings. The predicted octanol–water partition coefficient (Wildman–Crippen LogP) is 1.87. The highest BCUT2D eigenvalue weighted by Gasteiger charge is 2.07. The maximum Gasteiger partial charge on any atom is 0.320 e. The van der Waals surface area contributed by atoms with Crippen molar-refractivity contribution in [1.29, 1.82) is 0 Å². The summed E-state index contributed by atoms with van der Waals surface area (Å²) in [6.45, 7) is 2.35. The van der Waals surface area contributed by atoms with E-state index < -0.39 is 0 Å². The molecule has 0 radical (unpaired) electrons. The van der Waals surface area contributed by atoms with E-state index in [1.807, 2.05) is 6.92 Å². The van der Waals surface area contributed by atoms with Crippen LogP contribution in [0.25, 0.3) is 0 Å². The average Bonchev–Trinajstić information content (AvgIpc) is 2.49. The summed E-state index contributed by atoms with van der Waals surface area (Å²) in [5.74, 6) is 0.0969. The zero-order chi connectivity index (χ0) is 15.1. The fourth-order valence-electron chi connectivity index (χ4n) is 1.56. The van der Waals surface area contributed by atoms with Crippen LogP contribution in [0.4, 0.5) is 16.3 Å². The van der Waals surface area contributed by atoms with Crippen LogP contribution < -0.4 is 16.0 Å². The Morgan fingerprint density at radius 3 is 2.48 bits per heavy atom. The number of nitrogens with one attached hydrogen (secondary N) is 3. The van der Waals surface area contributed by atoms with Crippen LogP contribution in [0, 0.1) is 0 Å². The second kappa shape index (κ2) is 6.99. The molecule has 0 saturated heterocycles. The Hall–Kier alpha value is -2.96. The van der Waals surface area contributed by atoms with Crippen molar-refractivity contribution in [3.8, 4) is 0 Å². The van der Waals surface area contributed by atoms with Crippen LogP contribution in [0.15, 0.2) is 42.9 Å². The van der Waals surface area contributed by atoms with Gasteiger partial charge in [0.05, 0.1) is 5.56 Å². The second-order valence-corrected chi connectivity index (χ2v) is 4.11. The molecule has 3 amide bonds. The number of urea groups is 1. The molecule has 3 N–H and O–H groups in total. The zero-order valence-electron chi connectivity index (χ0n) is 11.5. The summed E-state index contributed by atoms with van der Waals surface area (Å²) in [6.07, 6.45) is 4.58. The highest BCUT2D eigenvalue weighted by molar-refractivity contribution is 6.04. The van der Waals surface area contributed by atoms with Gasteiger partial charge < -0.3 is 10.6 Å². The van der Waals surface area contributed by atoms with Gasteiger partial charge in [0.2, 0.25) is 0 Å². The Labute approximate surface area is 121 Å². The van der Waals surface area contributed by atoms with E-state index in [9.17, 15) is 9.59 Å². The number of carbonyl (C=O) groups is 2. The molecule has 0 bridgehead atoms. The van der Waals surface area contributed by atoms with Crippen LogP contribution in [0.3, 0.4) is 0 Å². The van der Waals surface area contributed by atoms with E-state index in [4.69, 9.17) is 0 Å². The number of rotatable bonds is 4. The van der Waals surface area contributed by atoms with Crippen LogP contribution in [-0.4, -0.2) is 28.5 Å². The van der Waals surface area contributed by atoms with E-state index in [-0.39, 0.29) is 11.9 Å². The molecule has 0 aliphatic heterocycles. The first-order valence-corrected chi connectivity index (χ1v) is 6.41. The largest absolute Gasteiger partial charge is 0.338 e. The lowest BCUT2D eigenvalue weighted by atomic mass is 10.2. The van der Waals surface area contributed by atoms with Gasteiger partial charge in [0, 0.05) is 30.8 Å². The highest BCUT2D eigenvalue weighted by atomic mass is 16.2. The molecule has 2 rings (SSSR count). The number of pyridine rings is 2. The Bertz CT molecular complexity index is 613. The first-order chi connectivity index (χ1) is 10.2. The normalized spacial score (nSPS) is 9.76. The van der Waals surface area contributed by atoms with E-state index in [1.165, 1.54) is 6.20 Å². The minimum atomic E-state index is -0.334. The molecule has 0 aliphatic carbocycles. The number of nitrogens with zero attached hydrogens (tertiary/aromatic N) is 2. The van der Waals surface area contributed by atoms with E-state index in [1.54, 1.807) is 36.7 Å². The van der Waals surface area contributed by atoms with Crippen molar-refractivity contribution in [3.63, 3.8) is 0 Å². The van der Waals surface area contributed by atoms with Gasteiger partial charge in [0.25, 0.3) is 5.91 Å². The first-order valence-electron chi connectivity index (χ1n) is 6.41. The summed E-state index contributed by atoms with van der Waals surface area (Å²) < 4.78 is 0. The summed E-state index contributed by atoms with van der Waals surface area (Å²) in [4.78, 5) is 31.2. The van der Waals surface area contributed by atoms with Gasteiger partial charge in [-0.3, -0.25) is 15.1 Å². The van der Waals surface area contributed by atoms with Crippen LogP contribution in [0.5, 0.6) is 0 Å². The van der Waals surface area contributed by atoms with Crippen molar-refractivity contribution in [2.75, 3.05) is 17.2 Å². The summed E-state index contributed by atoms with van der Waals surface area (Å²) in [7, 11) is 0. The minimum absolute atomic E-state index is 0.279. The molecular formula is C14H15N5O2. The average molecular weight is 285 g/mol. The molecule has 21 heavy (non-hydrogen) atoms. The Kier molecular flexibility index (Phi) is 4.81. The monoisotopic (exact) mass is 285 g/mol. The molecule has 2 aromatic rings. The number of hydrogen-bond donors (Lipinski definition) is 3. The lowest BCUT2D eigenvalue weighted by Gasteiger charge is -2.07. The van der Waals surface area contributed by atoms with Crippen LogP contribution in [0.1, 0.15) is 17.3 Å². The minimum Gasteiger partial charge on any atom is -0.338 e. The lowest BCUT2D eigenvalue weighted by molar-refractivity contribution is 0.102. The smallest absolute Gasteiger partial charge is 0.320 e. The van der Waals surface area contributed by atoms with Gasteiger partial charge in [0.15, 0.2) is 0 Å². The van der Waals surface area contributed by atoms with Crippen LogP contribution >= 0.6 is 0 Å². The maximum atomic E-state index is 12.0. The second-order valence-electron chi connectivity index (χ2n) is 4.11. The van der Waals surface area contributed by atoms with Crippen LogP contribution in [-0.2, 0) is 0 Å². The Morgan fingerprint density at radius 1 is 1.10 bits per heavy atom. The van der Waals surface area contributed by atoms with E-state index in [0.717, 1.165) is 0 Å². The van der Waals surface area contributed by atoms with Gasteiger partial charge in [-0.05, 0) is 31.2 Å². The van der Waals surface area contributed by atoms with Crippen molar-refractivity contribution >= 4 is 23.4 Å². The van der Waals surface area contributed by atoms with Crippen molar-refractivity contribution in [2.24, 2.45) is 0 Å². The van der Waals surface area contributed by atoms with Gasteiger partial charge >= 0.3 is 6.03 Å². The molecule has 0 saturated carbocycles. The predicted molar refractivity (Wildman–Crippen MR) is 79.1 cm³/mol. The molecule has 0 fully saturated rings. The van der Waals surface area contributed by atoms with Crippen LogP contribution in [0.2, 0.25) is 0 Å². The van der Waals surface area contributed by atoms with Gasteiger partial charge in [0.1, 0.15) is 5.82 Å². The molecule has 108 valence electrons. The van der Waals surface area contributed by atoms with Crippen molar-refractivity contribution in [1.82, 2.24) is 15.3 Å². The van der Waals surface area contributed by atoms with E-state index in [0.29, 0.717) is 23.6 Å². The third-order valence-electron chi connectivity index (χ3n) is 2.54. The fraction of sp³-hybridized carbons (Fsp3) is 0.143. The molecule has 0 atom stereocenters. The zero-order valence-corrected chi connectivity index (χ0v) is 11.5. The van der Waals surface area contributed by atoms with Gasteiger partial charge in [-0.1, -0.05) is 0 Å². The topological polar surface area (TPSA) is 96.0 Å². The third kappa shape index (κ3) is 4.27. The van der Waals surface area contributed by atoms with Crippen molar-refractivity contribution < 1.29 is 9.59 Å². The number of anilines is 2. The van der Waals surface area contributed by atoms with Crippen molar-refractivity contribution in [3.05, 3.63) is 48.4 Å². The molecule has 0 unspecified atom stereocenters. The molecule has 7 nitrogen and oxygen atoms in total. The number of aromatic nitrogens is 2. The highest BCUT2D eigenvalue weighted by Crippen LogP contribution is 2.09. The molecular weight excluding hydrogens is 270 g/mol. The van der Waals surface area contributed by atoms with E-state index >= 15 is 0 Å². The maximum absolute atomic E-state index is 12.0. The Morgan fingerprint density at radius 2 is 1.86 bits per heavy atom. The quantitative estimate of drug-likeness (QED) is 0.799. The van der Waals surface area contributed by atoms with E-state index in [2.05, 4.69) is 25.9 Å². The van der Waals surface area contributed by atoms with Gasteiger partial charge in [-0.2, -0.15) is 0 Å². The molecule has 2 aromatic heterocycles. The Balaban J connectivity index is 1.98. The molecule has 0 aromatic carbocycles. The standard InChI is InChI=1S/C14H15N5O2/c1-2-16-14(21)19-12-4-3-10(9-17-12)13(20)18-11-5-7-15-8-6-11/h3-9H,2H2,1H3,(H,15,18,20)(H2,16,17,19,21). The summed E-state index contributed by atoms with van der Waals surface area (Å²) >= 11 is 0. The lowest BCUT2D eigenvalue weighted by Crippen LogP contribution is -2.28. The first kappa shape index (κ1) is 14.4. The molecule has 0 spiro atoms. The van der Waals surface area contributed by atoms with Gasteiger partial charge in [-0.15, -0.1) is 0 Å². The SMILES string of the molecule is CCNC(=O)Nc1ccc(C(=O)Nc2ccncc2)cn1. The molecule has 7 heteroatoms. The fourth-order valence-corrected chi connectivity index (χ4v) is 1.56. The number of carbonyl (C=O) groups excluding carboxylic acids is 2. The number of amides is 3. The van der Waals surface area contributed by atoms with Crippen molar-refractivity contribution in [2.45, 2.75) is 6.92 Å². The summed E-state index contributed by atoms with van der Waals surface area (Å²) in [5.41, 5.74) is 1.05. The summed E-state index contributed by atoms with van der Waals surface area (Å²) in [5, 5.41) is 7.87. The summed E-state index contributed by atoms with van der Waals surface area (Å²) in [6, 6.07) is 6.20. The third-order valence-corrected chi connectivity index (χ3v) is 2.54.